The summed E-state index contributed by atoms with van der Waals surface area (Å²) in [5, 5.41) is 11.5. The maximum absolute atomic E-state index is 11.5. The second kappa shape index (κ2) is 12.5. The Bertz CT molecular complexity index is 833. The third-order valence-electron chi connectivity index (χ3n) is 6.96. The Morgan fingerprint density at radius 3 is 2.52 bits per heavy atom. The number of aryl methyl sites for hydroxylation is 1. The molecule has 1 heterocycles. The minimum Gasteiger partial charge on any atom is -0.497 e. The predicted octanol–water partition coefficient (Wildman–Crippen LogP) is 6.73. The lowest BCUT2D eigenvalue weighted by molar-refractivity contribution is -0.0185. The molecule has 4 nitrogen and oxygen atoms in total. The van der Waals surface area contributed by atoms with E-state index in [0.717, 1.165) is 75.0 Å². The zero-order valence-electron chi connectivity index (χ0n) is 20.9. The quantitative estimate of drug-likeness (QED) is 0.504. The summed E-state index contributed by atoms with van der Waals surface area (Å²) in [5.41, 5.74) is 2.43. The van der Waals surface area contributed by atoms with E-state index in [1.54, 1.807) is 7.11 Å². The van der Waals surface area contributed by atoms with Crippen molar-refractivity contribution in [1.29, 1.82) is 0 Å². The van der Waals surface area contributed by atoms with E-state index in [1.807, 2.05) is 32.0 Å². The predicted molar refractivity (Wildman–Crippen MR) is 134 cm³/mol. The molecular weight excluding hydrogens is 412 g/mol. The first-order valence-electron chi connectivity index (χ1n) is 12.6. The number of hydrogen-bond donors (Lipinski definition) is 1. The van der Waals surface area contributed by atoms with Crippen molar-refractivity contribution in [2.75, 3.05) is 20.3 Å². The van der Waals surface area contributed by atoms with Crippen LogP contribution >= 0.6 is 0 Å². The zero-order valence-corrected chi connectivity index (χ0v) is 20.9. The van der Waals surface area contributed by atoms with Gasteiger partial charge in [-0.3, -0.25) is 0 Å². The van der Waals surface area contributed by atoms with Gasteiger partial charge in [0.05, 0.1) is 24.9 Å². The van der Waals surface area contributed by atoms with E-state index in [4.69, 9.17) is 14.2 Å². The third kappa shape index (κ3) is 7.56. The van der Waals surface area contributed by atoms with Crippen LogP contribution < -0.4 is 4.74 Å². The van der Waals surface area contributed by atoms with Gasteiger partial charge in [-0.1, -0.05) is 49.2 Å². The molecule has 4 heteroatoms. The monoisotopic (exact) mass is 454 g/mol. The SMILES string of the molecule is CCOC1CCCC(CC(C)(O)c2ccc(OC)cc2C)CCCOC(c2ccccc2)C1. The highest BCUT2D eigenvalue weighted by atomic mass is 16.5. The number of methoxy groups -OCH3 is 1. The van der Waals surface area contributed by atoms with Gasteiger partial charge in [0.25, 0.3) is 0 Å². The van der Waals surface area contributed by atoms with Crippen LogP contribution in [-0.2, 0) is 15.1 Å². The molecule has 182 valence electrons. The molecule has 2 aromatic rings. The molecule has 4 unspecified atom stereocenters. The first kappa shape index (κ1) is 25.7. The molecule has 1 N–H and O–H groups in total. The molecule has 0 aromatic heterocycles. The van der Waals surface area contributed by atoms with Gasteiger partial charge in [-0.25, -0.2) is 0 Å². The number of ether oxygens (including phenoxy) is 3. The Kier molecular flexibility index (Phi) is 9.78. The molecule has 0 bridgehead atoms. The Morgan fingerprint density at radius 1 is 1.06 bits per heavy atom. The van der Waals surface area contributed by atoms with Crippen molar-refractivity contribution in [2.24, 2.45) is 5.92 Å². The summed E-state index contributed by atoms with van der Waals surface area (Å²) in [7, 11) is 1.68. The fraction of sp³-hybridized carbons (Fsp3) is 0.586. The van der Waals surface area contributed by atoms with Gasteiger partial charge in [0.15, 0.2) is 0 Å². The fourth-order valence-corrected chi connectivity index (χ4v) is 5.33. The lowest BCUT2D eigenvalue weighted by atomic mass is 9.80. The average Bonchev–Trinajstić information content (AvgIpc) is 2.84. The van der Waals surface area contributed by atoms with Crippen molar-refractivity contribution in [3.05, 3.63) is 65.2 Å². The lowest BCUT2D eigenvalue weighted by Crippen LogP contribution is -2.26. The summed E-state index contributed by atoms with van der Waals surface area (Å²) in [6.07, 6.45) is 7.22. The number of rotatable bonds is 7. The molecule has 1 fully saturated rings. The minimum absolute atomic E-state index is 0.0735. The lowest BCUT2D eigenvalue weighted by Gasteiger charge is -2.31. The zero-order chi connectivity index (χ0) is 23.7. The maximum Gasteiger partial charge on any atom is 0.119 e. The smallest absolute Gasteiger partial charge is 0.119 e. The summed E-state index contributed by atoms with van der Waals surface area (Å²) in [6, 6.07) is 16.5. The summed E-state index contributed by atoms with van der Waals surface area (Å²) in [6.45, 7) is 7.53. The van der Waals surface area contributed by atoms with E-state index in [0.29, 0.717) is 5.92 Å². The van der Waals surface area contributed by atoms with Crippen LogP contribution in [0.3, 0.4) is 0 Å². The van der Waals surface area contributed by atoms with Gasteiger partial charge in [0, 0.05) is 19.6 Å². The first-order valence-corrected chi connectivity index (χ1v) is 12.6. The van der Waals surface area contributed by atoms with Crippen molar-refractivity contribution >= 4 is 0 Å². The summed E-state index contributed by atoms with van der Waals surface area (Å²) >= 11 is 0. The molecule has 1 aliphatic heterocycles. The van der Waals surface area contributed by atoms with Crippen molar-refractivity contribution in [2.45, 2.75) is 83.5 Å². The molecule has 0 saturated carbocycles. The van der Waals surface area contributed by atoms with Crippen LogP contribution in [0.25, 0.3) is 0 Å². The second-order valence-electron chi connectivity index (χ2n) is 9.68. The van der Waals surface area contributed by atoms with E-state index < -0.39 is 5.60 Å². The van der Waals surface area contributed by atoms with Crippen molar-refractivity contribution in [1.82, 2.24) is 0 Å². The largest absolute Gasteiger partial charge is 0.497 e. The Morgan fingerprint density at radius 2 is 1.82 bits per heavy atom. The molecule has 1 saturated heterocycles. The van der Waals surface area contributed by atoms with Gasteiger partial charge in [-0.15, -0.1) is 0 Å². The molecule has 0 amide bonds. The first-order chi connectivity index (χ1) is 15.9. The molecule has 0 aliphatic carbocycles. The van der Waals surface area contributed by atoms with Crippen LogP contribution in [0, 0.1) is 12.8 Å². The third-order valence-corrected chi connectivity index (χ3v) is 6.96. The summed E-state index contributed by atoms with van der Waals surface area (Å²) < 4.78 is 17.8. The van der Waals surface area contributed by atoms with Gasteiger partial charge in [0.1, 0.15) is 5.75 Å². The van der Waals surface area contributed by atoms with E-state index >= 15 is 0 Å². The van der Waals surface area contributed by atoms with E-state index in [2.05, 4.69) is 37.3 Å². The molecule has 4 atom stereocenters. The Labute approximate surface area is 200 Å². The summed E-state index contributed by atoms with van der Waals surface area (Å²) in [4.78, 5) is 0. The average molecular weight is 455 g/mol. The van der Waals surface area contributed by atoms with E-state index in [-0.39, 0.29) is 12.2 Å². The van der Waals surface area contributed by atoms with Gasteiger partial charge in [0.2, 0.25) is 0 Å². The summed E-state index contributed by atoms with van der Waals surface area (Å²) in [5.74, 6) is 1.27. The van der Waals surface area contributed by atoms with E-state index in [1.165, 1.54) is 5.56 Å². The van der Waals surface area contributed by atoms with Gasteiger partial charge >= 0.3 is 0 Å². The molecule has 1 aliphatic rings. The van der Waals surface area contributed by atoms with Crippen molar-refractivity contribution in [3.63, 3.8) is 0 Å². The van der Waals surface area contributed by atoms with Crippen LogP contribution in [-0.4, -0.2) is 31.5 Å². The molecular formula is C29H42O4. The maximum atomic E-state index is 11.5. The van der Waals surface area contributed by atoms with Gasteiger partial charge in [-0.05, 0) is 81.2 Å². The minimum atomic E-state index is -0.867. The highest BCUT2D eigenvalue weighted by Gasteiger charge is 2.30. The van der Waals surface area contributed by atoms with Crippen LogP contribution in [0.4, 0.5) is 0 Å². The molecule has 33 heavy (non-hydrogen) atoms. The van der Waals surface area contributed by atoms with Crippen molar-refractivity contribution < 1.29 is 19.3 Å². The highest BCUT2D eigenvalue weighted by molar-refractivity contribution is 5.38. The fourth-order valence-electron chi connectivity index (χ4n) is 5.33. The van der Waals surface area contributed by atoms with E-state index in [9.17, 15) is 5.11 Å². The Balaban J connectivity index is 1.69. The van der Waals surface area contributed by atoms with Crippen LogP contribution in [0.15, 0.2) is 48.5 Å². The van der Waals surface area contributed by atoms with Crippen LogP contribution in [0.1, 0.15) is 81.6 Å². The molecule has 2 aromatic carbocycles. The topological polar surface area (TPSA) is 47.9 Å². The van der Waals surface area contributed by atoms with Crippen molar-refractivity contribution in [3.8, 4) is 5.75 Å². The number of hydrogen-bond acceptors (Lipinski definition) is 4. The van der Waals surface area contributed by atoms with Gasteiger partial charge < -0.3 is 19.3 Å². The normalized spacial score (nSPS) is 24.5. The molecule has 3 rings (SSSR count). The molecule has 0 radical (unpaired) electrons. The van der Waals surface area contributed by atoms with Crippen LogP contribution in [0.5, 0.6) is 5.75 Å². The molecule has 0 spiro atoms. The number of aliphatic hydroxyl groups is 1. The van der Waals surface area contributed by atoms with Crippen LogP contribution in [0.2, 0.25) is 0 Å². The Hall–Kier alpha value is -1.88. The standard InChI is InChI=1S/C29H42O4/c1-5-32-26-15-9-11-23(12-10-18-33-28(20-26)24-13-7-6-8-14-24)21-29(3,30)27-17-16-25(31-4)19-22(27)2/h6-8,13-14,16-17,19,23,26,28,30H,5,9-12,15,18,20-21H2,1-4H3. The number of benzene rings is 2. The van der Waals surface area contributed by atoms with Gasteiger partial charge in [-0.2, -0.15) is 0 Å². The highest BCUT2D eigenvalue weighted by Crippen LogP contribution is 2.36. The second-order valence-corrected chi connectivity index (χ2v) is 9.68.